The van der Waals surface area contributed by atoms with E-state index in [1.807, 2.05) is 30.3 Å². The smallest absolute Gasteiger partial charge is 0.273 e. The Labute approximate surface area is 144 Å². The van der Waals surface area contributed by atoms with E-state index in [1.165, 1.54) is 12.1 Å². The van der Waals surface area contributed by atoms with Gasteiger partial charge in [-0.1, -0.05) is 24.3 Å². The highest BCUT2D eigenvalue weighted by atomic mass is 16.6. The van der Waals surface area contributed by atoms with Crippen LogP contribution in [0, 0.1) is 17.0 Å². The lowest BCUT2D eigenvalue weighted by atomic mass is 10.1. The topological polar surface area (TPSA) is 92.6 Å². The van der Waals surface area contributed by atoms with E-state index in [0.717, 1.165) is 5.69 Å². The Kier molecular flexibility index (Phi) is 4.47. The number of nitrogens with one attached hydrogen (secondary N) is 1. The number of nitrogens with zero attached hydrogens (tertiary/aromatic N) is 2. The lowest BCUT2D eigenvalue weighted by Gasteiger charge is -2.17. The molecule has 1 N–H and O–H groups in total. The van der Waals surface area contributed by atoms with Gasteiger partial charge in [0, 0.05) is 35.8 Å². The predicted molar refractivity (Wildman–Crippen MR) is 92.5 cm³/mol. The summed E-state index contributed by atoms with van der Waals surface area (Å²) in [6, 6.07) is 13.3. The number of nitro benzene ring substituents is 1. The van der Waals surface area contributed by atoms with Crippen LogP contribution < -0.4 is 10.2 Å². The first-order valence-electron chi connectivity index (χ1n) is 7.87. The molecule has 0 unspecified atom stereocenters. The molecule has 0 spiro atoms. The van der Waals surface area contributed by atoms with Crippen molar-refractivity contribution in [1.29, 1.82) is 0 Å². The third-order valence-electron chi connectivity index (χ3n) is 4.27. The Morgan fingerprint density at radius 2 is 1.92 bits per heavy atom. The molecule has 0 aliphatic carbocycles. The summed E-state index contributed by atoms with van der Waals surface area (Å²) in [5, 5.41) is 13.8. The second kappa shape index (κ2) is 6.72. The SMILES string of the molecule is Cc1c(C(=O)N[C@@H]2CC(=O)N(c3ccccc3)C2)cccc1[N+](=O)[O-]. The van der Waals surface area contributed by atoms with Gasteiger partial charge in [0.05, 0.1) is 11.0 Å². The predicted octanol–water partition coefficient (Wildman–Crippen LogP) is 2.44. The highest BCUT2D eigenvalue weighted by molar-refractivity contribution is 5.99. The third kappa shape index (κ3) is 3.35. The number of carbonyl (C=O) groups excluding carboxylic acids is 2. The van der Waals surface area contributed by atoms with Gasteiger partial charge in [-0.05, 0) is 25.1 Å². The van der Waals surface area contributed by atoms with Crippen LogP contribution in [0.15, 0.2) is 48.5 Å². The van der Waals surface area contributed by atoms with Gasteiger partial charge in [0.1, 0.15) is 0 Å². The molecule has 1 heterocycles. The van der Waals surface area contributed by atoms with Gasteiger partial charge in [0.2, 0.25) is 5.91 Å². The number of amides is 2. The van der Waals surface area contributed by atoms with E-state index in [-0.39, 0.29) is 29.6 Å². The van der Waals surface area contributed by atoms with Crippen LogP contribution in [-0.2, 0) is 4.79 Å². The molecule has 2 aromatic rings. The van der Waals surface area contributed by atoms with Crippen molar-refractivity contribution in [1.82, 2.24) is 5.32 Å². The van der Waals surface area contributed by atoms with Crippen molar-refractivity contribution in [2.75, 3.05) is 11.4 Å². The van der Waals surface area contributed by atoms with Gasteiger partial charge in [-0.15, -0.1) is 0 Å². The summed E-state index contributed by atoms with van der Waals surface area (Å²) in [5.41, 5.74) is 1.26. The van der Waals surface area contributed by atoms with Crippen molar-refractivity contribution in [2.45, 2.75) is 19.4 Å². The number of anilines is 1. The molecule has 0 aromatic heterocycles. The van der Waals surface area contributed by atoms with E-state index in [2.05, 4.69) is 5.32 Å². The van der Waals surface area contributed by atoms with Crippen molar-refractivity contribution in [2.24, 2.45) is 0 Å². The fourth-order valence-corrected chi connectivity index (χ4v) is 2.99. The maximum Gasteiger partial charge on any atom is 0.273 e. The minimum atomic E-state index is -0.512. The molecule has 0 radical (unpaired) electrons. The first kappa shape index (κ1) is 16.6. The van der Waals surface area contributed by atoms with Crippen molar-refractivity contribution in [3.8, 4) is 0 Å². The molecule has 2 amide bonds. The largest absolute Gasteiger partial charge is 0.347 e. The molecule has 2 aromatic carbocycles. The van der Waals surface area contributed by atoms with Crippen LogP contribution in [0.5, 0.6) is 0 Å². The molecule has 1 fully saturated rings. The second-order valence-electron chi connectivity index (χ2n) is 5.92. The molecular formula is C18H17N3O4. The van der Waals surface area contributed by atoms with Gasteiger partial charge in [-0.2, -0.15) is 0 Å². The van der Waals surface area contributed by atoms with Crippen molar-refractivity contribution in [3.63, 3.8) is 0 Å². The van der Waals surface area contributed by atoms with Gasteiger partial charge in [-0.3, -0.25) is 19.7 Å². The molecule has 7 nitrogen and oxygen atoms in total. The number of hydrogen-bond acceptors (Lipinski definition) is 4. The van der Waals surface area contributed by atoms with E-state index >= 15 is 0 Å². The maximum absolute atomic E-state index is 12.5. The Morgan fingerprint density at radius 1 is 1.20 bits per heavy atom. The summed E-state index contributed by atoms with van der Waals surface area (Å²) >= 11 is 0. The lowest BCUT2D eigenvalue weighted by molar-refractivity contribution is -0.385. The number of para-hydroxylation sites is 1. The van der Waals surface area contributed by atoms with Crippen LogP contribution in [0.3, 0.4) is 0 Å². The number of rotatable bonds is 4. The van der Waals surface area contributed by atoms with Gasteiger partial charge >= 0.3 is 0 Å². The summed E-state index contributed by atoms with van der Waals surface area (Å²) in [4.78, 5) is 36.8. The maximum atomic E-state index is 12.5. The Hall–Kier alpha value is -3.22. The zero-order valence-corrected chi connectivity index (χ0v) is 13.6. The Morgan fingerprint density at radius 3 is 2.60 bits per heavy atom. The van der Waals surface area contributed by atoms with Crippen molar-refractivity contribution in [3.05, 3.63) is 69.8 Å². The number of benzene rings is 2. The van der Waals surface area contributed by atoms with E-state index in [1.54, 1.807) is 17.9 Å². The number of carbonyl (C=O) groups is 2. The Bertz CT molecular complexity index is 835. The second-order valence-corrected chi connectivity index (χ2v) is 5.92. The number of hydrogen-bond donors (Lipinski definition) is 1. The molecule has 25 heavy (non-hydrogen) atoms. The minimum absolute atomic E-state index is 0.0627. The highest BCUT2D eigenvalue weighted by Gasteiger charge is 2.32. The van der Waals surface area contributed by atoms with Gasteiger partial charge in [0.25, 0.3) is 11.6 Å². The summed E-state index contributed by atoms with van der Waals surface area (Å²) in [6.07, 6.45) is 0.203. The first-order chi connectivity index (χ1) is 12.0. The van der Waals surface area contributed by atoms with Gasteiger partial charge < -0.3 is 10.2 Å². The molecule has 0 bridgehead atoms. The van der Waals surface area contributed by atoms with Crippen LogP contribution in [-0.4, -0.2) is 29.3 Å². The third-order valence-corrected chi connectivity index (χ3v) is 4.27. The van der Waals surface area contributed by atoms with Crippen LogP contribution in [0.4, 0.5) is 11.4 Å². The summed E-state index contributed by atoms with van der Waals surface area (Å²) < 4.78 is 0. The fraction of sp³-hybridized carbons (Fsp3) is 0.222. The van der Waals surface area contributed by atoms with E-state index in [0.29, 0.717) is 12.1 Å². The zero-order valence-electron chi connectivity index (χ0n) is 13.6. The van der Waals surface area contributed by atoms with Crippen molar-refractivity contribution >= 4 is 23.2 Å². The standard InChI is InChI=1S/C18H17N3O4/c1-12-15(8-5-9-16(12)21(24)25)18(23)19-13-10-17(22)20(11-13)14-6-3-2-4-7-14/h2-9,13H,10-11H2,1H3,(H,19,23)/t13-/m1/s1. The summed E-state index contributed by atoms with van der Waals surface area (Å²) in [5.74, 6) is -0.471. The van der Waals surface area contributed by atoms with Crippen LogP contribution in [0.2, 0.25) is 0 Å². The van der Waals surface area contributed by atoms with Crippen LogP contribution >= 0.6 is 0 Å². The van der Waals surface area contributed by atoms with Crippen LogP contribution in [0.1, 0.15) is 22.3 Å². The van der Waals surface area contributed by atoms with E-state index in [4.69, 9.17) is 0 Å². The molecule has 7 heteroatoms. The van der Waals surface area contributed by atoms with Gasteiger partial charge in [0.15, 0.2) is 0 Å². The summed E-state index contributed by atoms with van der Waals surface area (Å²) in [7, 11) is 0. The molecule has 1 aliphatic heterocycles. The molecule has 1 atom stereocenters. The van der Waals surface area contributed by atoms with E-state index in [9.17, 15) is 19.7 Å². The first-order valence-corrected chi connectivity index (χ1v) is 7.87. The molecule has 1 aliphatic rings. The molecule has 128 valence electrons. The normalized spacial score (nSPS) is 16.8. The van der Waals surface area contributed by atoms with E-state index < -0.39 is 10.8 Å². The monoisotopic (exact) mass is 339 g/mol. The van der Waals surface area contributed by atoms with Gasteiger partial charge in [-0.25, -0.2) is 0 Å². The molecule has 0 saturated carbocycles. The molecule has 3 rings (SSSR count). The fourth-order valence-electron chi connectivity index (χ4n) is 2.99. The summed E-state index contributed by atoms with van der Waals surface area (Å²) in [6.45, 7) is 1.92. The zero-order chi connectivity index (χ0) is 18.0. The average molecular weight is 339 g/mol. The van der Waals surface area contributed by atoms with Crippen LogP contribution in [0.25, 0.3) is 0 Å². The van der Waals surface area contributed by atoms with Crippen molar-refractivity contribution < 1.29 is 14.5 Å². The lowest BCUT2D eigenvalue weighted by Crippen LogP contribution is -2.37. The Balaban J connectivity index is 1.74. The molecule has 1 saturated heterocycles. The minimum Gasteiger partial charge on any atom is -0.347 e. The highest BCUT2D eigenvalue weighted by Crippen LogP contribution is 2.23. The molecular weight excluding hydrogens is 322 g/mol. The quantitative estimate of drug-likeness (QED) is 0.684. The average Bonchev–Trinajstić information content (AvgIpc) is 2.95. The number of nitro groups is 1.